The third-order valence-electron chi connectivity index (χ3n) is 5.17. The van der Waals surface area contributed by atoms with Gasteiger partial charge in [-0.05, 0) is 41.9 Å². The van der Waals surface area contributed by atoms with Gasteiger partial charge in [0.25, 0.3) is 0 Å². The van der Waals surface area contributed by atoms with Crippen LogP contribution in [0.5, 0.6) is 0 Å². The Hall–Kier alpha value is -2.26. The minimum absolute atomic E-state index is 0.0355. The summed E-state index contributed by atoms with van der Waals surface area (Å²) >= 11 is 0. The van der Waals surface area contributed by atoms with Crippen LogP contribution >= 0.6 is 0 Å². The van der Waals surface area contributed by atoms with Crippen LogP contribution in [0, 0.1) is 0 Å². The molecule has 3 N–H and O–H groups in total. The quantitative estimate of drug-likeness (QED) is 0.716. The lowest BCUT2D eigenvalue weighted by Crippen LogP contribution is -2.45. The molecular formula is C21H28N4O3S. The Morgan fingerprint density at radius 1 is 0.931 bits per heavy atom. The van der Waals surface area contributed by atoms with Gasteiger partial charge in [-0.3, -0.25) is 9.69 Å². The first-order valence-corrected chi connectivity index (χ1v) is 11.3. The number of nitrogens with one attached hydrogen (secondary N) is 1. The lowest BCUT2D eigenvalue weighted by atomic mass is 10.1. The number of primary sulfonamides is 1. The number of carbonyl (C=O) groups is 1. The average Bonchev–Trinajstić information content (AvgIpc) is 2.70. The molecule has 1 heterocycles. The SMILES string of the molecule is CCN1CCN(Cc2ccc(NC(=O)Cc3ccc(S(N)(=O)=O)cc3)cc2)CC1. The number of hydrogen-bond donors (Lipinski definition) is 2. The molecule has 2 aromatic rings. The van der Waals surface area contributed by atoms with Crippen molar-refractivity contribution in [3.63, 3.8) is 0 Å². The number of likely N-dealkylation sites (N-methyl/N-ethyl adjacent to an activating group) is 1. The third kappa shape index (κ3) is 6.37. The first-order valence-electron chi connectivity index (χ1n) is 9.79. The van der Waals surface area contributed by atoms with Crippen LogP contribution in [0.15, 0.2) is 53.4 Å². The van der Waals surface area contributed by atoms with Crippen molar-refractivity contribution in [3.8, 4) is 0 Å². The molecule has 0 atom stereocenters. The van der Waals surface area contributed by atoms with Gasteiger partial charge in [0, 0.05) is 38.4 Å². The van der Waals surface area contributed by atoms with Crippen LogP contribution in [0.2, 0.25) is 0 Å². The maximum Gasteiger partial charge on any atom is 0.238 e. The summed E-state index contributed by atoms with van der Waals surface area (Å²) in [7, 11) is -3.72. The number of benzene rings is 2. The van der Waals surface area contributed by atoms with Crippen LogP contribution in [0.25, 0.3) is 0 Å². The van der Waals surface area contributed by atoms with E-state index < -0.39 is 10.0 Å². The van der Waals surface area contributed by atoms with Crippen LogP contribution in [0.3, 0.4) is 0 Å². The zero-order valence-corrected chi connectivity index (χ0v) is 17.5. The van der Waals surface area contributed by atoms with Gasteiger partial charge in [0.1, 0.15) is 0 Å². The predicted octanol–water partition coefficient (Wildman–Crippen LogP) is 1.65. The lowest BCUT2D eigenvalue weighted by Gasteiger charge is -2.34. The van der Waals surface area contributed by atoms with Crippen molar-refractivity contribution in [2.45, 2.75) is 24.8 Å². The molecule has 0 aromatic heterocycles. The highest BCUT2D eigenvalue weighted by atomic mass is 32.2. The number of rotatable bonds is 7. The van der Waals surface area contributed by atoms with E-state index in [1.807, 2.05) is 24.3 Å². The summed E-state index contributed by atoms with van der Waals surface area (Å²) in [5.74, 6) is -0.156. The Morgan fingerprint density at radius 2 is 1.48 bits per heavy atom. The van der Waals surface area contributed by atoms with Crippen molar-refractivity contribution in [1.82, 2.24) is 9.80 Å². The standard InChI is InChI=1S/C21H28N4O3S/c1-2-24-11-13-25(14-12-24)16-18-3-7-19(8-4-18)23-21(26)15-17-5-9-20(10-6-17)29(22,27)28/h3-10H,2,11-16H2,1H3,(H,23,26)(H2,22,27,28). The van der Waals surface area contributed by atoms with Gasteiger partial charge in [-0.15, -0.1) is 0 Å². The zero-order valence-electron chi connectivity index (χ0n) is 16.7. The molecule has 0 radical (unpaired) electrons. The summed E-state index contributed by atoms with van der Waals surface area (Å²) in [6.45, 7) is 8.61. The summed E-state index contributed by atoms with van der Waals surface area (Å²) in [6.07, 6.45) is 0.161. The highest BCUT2D eigenvalue weighted by Crippen LogP contribution is 2.14. The van der Waals surface area contributed by atoms with Gasteiger partial charge in [-0.2, -0.15) is 0 Å². The molecule has 29 heavy (non-hydrogen) atoms. The number of nitrogens with two attached hydrogens (primary N) is 1. The van der Waals surface area contributed by atoms with E-state index in [4.69, 9.17) is 5.14 Å². The Balaban J connectivity index is 1.49. The normalized spacial score (nSPS) is 15.9. The van der Waals surface area contributed by atoms with Gasteiger partial charge in [-0.1, -0.05) is 31.2 Å². The topological polar surface area (TPSA) is 95.7 Å². The van der Waals surface area contributed by atoms with E-state index in [1.54, 1.807) is 12.1 Å². The van der Waals surface area contributed by atoms with Crippen molar-refractivity contribution >= 4 is 21.6 Å². The van der Waals surface area contributed by atoms with Crippen LogP contribution in [0.4, 0.5) is 5.69 Å². The zero-order chi connectivity index (χ0) is 20.9. The highest BCUT2D eigenvalue weighted by molar-refractivity contribution is 7.89. The van der Waals surface area contributed by atoms with E-state index in [1.165, 1.54) is 17.7 Å². The molecule has 1 fully saturated rings. The van der Waals surface area contributed by atoms with Gasteiger partial charge in [-0.25, -0.2) is 13.6 Å². The van der Waals surface area contributed by atoms with Gasteiger partial charge in [0.2, 0.25) is 15.9 Å². The molecule has 0 unspecified atom stereocenters. The summed E-state index contributed by atoms with van der Waals surface area (Å²) in [4.78, 5) is 17.2. The molecule has 0 bridgehead atoms. The lowest BCUT2D eigenvalue weighted by molar-refractivity contribution is -0.115. The summed E-state index contributed by atoms with van der Waals surface area (Å²) in [6, 6.07) is 13.9. The van der Waals surface area contributed by atoms with E-state index in [2.05, 4.69) is 22.0 Å². The third-order valence-corrected chi connectivity index (χ3v) is 6.10. The Labute approximate surface area is 172 Å². The van der Waals surface area contributed by atoms with Crippen LogP contribution < -0.4 is 10.5 Å². The molecule has 1 aliphatic heterocycles. The second kappa shape index (κ2) is 9.49. The highest BCUT2D eigenvalue weighted by Gasteiger charge is 2.15. The molecule has 2 aromatic carbocycles. The van der Waals surface area contributed by atoms with Gasteiger partial charge in [0.15, 0.2) is 0 Å². The maximum atomic E-state index is 12.3. The Morgan fingerprint density at radius 3 is 2.03 bits per heavy atom. The molecule has 1 amide bonds. The molecule has 0 spiro atoms. The molecule has 3 rings (SSSR count). The van der Waals surface area contributed by atoms with Crippen molar-refractivity contribution in [1.29, 1.82) is 0 Å². The average molecular weight is 417 g/mol. The van der Waals surface area contributed by atoms with Crippen molar-refractivity contribution in [3.05, 3.63) is 59.7 Å². The smallest absolute Gasteiger partial charge is 0.238 e. The van der Waals surface area contributed by atoms with E-state index in [0.717, 1.165) is 50.5 Å². The first kappa shape index (κ1) is 21.4. The van der Waals surface area contributed by atoms with Crippen molar-refractivity contribution in [2.24, 2.45) is 5.14 Å². The number of piperazine rings is 1. The first-order chi connectivity index (χ1) is 13.8. The number of carbonyl (C=O) groups excluding carboxylic acids is 1. The number of anilines is 1. The number of hydrogen-bond acceptors (Lipinski definition) is 5. The second-order valence-electron chi connectivity index (χ2n) is 7.32. The molecule has 8 heteroatoms. The predicted molar refractivity (Wildman–Crippen MR) is 114 cm³/mol. The fourth-order valence-corrected chi connectivity index (χ4v) is 3.92. The monoisotopic (exact) mass is 416 g/mol. The van der Waals surface area contributed by atoms with Crippen LogP contribution in [-0.4, -0.2) is 56.8 Å². The van der Waals surface area contributed by atoms with Gasteiger partial charge < -0.3 is 10.2 Å². The summed E-state index contributed by atoms with van der Waals surface area (Å²) in [5, 5.41) is 7.96. The van der Waals surface area contributed by atoms with Crippen LogP contribution in [0.1, 0.15) is 18.1 Å². The molecule has 0 saturated carbocycles. The molecule has 156 valence electrons. The van der Waals surface area contributed by atoms with E-state index in [0.29, 0.717) is 0 Å². The van der Waals surface area contributed by atoms with Gasteiger partial charge in [0.05, 0.1) is 11.3 Å². The molecule has 1 aliphatic rings. The summed E-state index contributed by atoms with van der Waals surface area (Å²) < 4.78 is 22.6. The minimum atomic E-state index is -3.72. The summed E-state index contributed by atoms with van der Waals surface area (Å²) in [5.41, 5.74) is 2.69. The molecule has 7 nitrogen and oxygen atoms in total. The Kier molecular flexibility index (Phi) is 7.02. The maximum absolute atomic E-state index is 12.3. The molecular weight excluding hydrogens is 388 g/mol. The van der Waals surface area contributed by atoms with E-state index >= 15 is 0 Å². The van der Waals surface area contributed by atoms with Crippen molar-refractivity contribution in [2.75, 3.05) is 38.0 Å². The number of amides is 1. The second-order valence-corrected chi connectivity index (χ2v) is 8.88. The fourth-order valence-electron chi connectivity index (χ4n) is 3.40. The van der Waals surface area contributed by atoms with Crippen LogP contribution in [-0.2, 0) is 27.8 Å². The van der Waals surface area contributed by atoms with E-state index in [9.17, 15) is 13.2 Å². The van der Waals surface area contributed by atoms with Gasteiger partial charge >= 0.3 is 0 Å². The largest absolute Gasteiger partial charge is 0.326 e. The van der Waals surface area contributed by atoms with E-state index in [-0.39, 0.29) is 17.2 Å². The van der Waals surface area contributed by atoms with Crippen molar-refractivity contribution < 1.29 is 13.2 Å². The minimum Gasteiger partial charge on any atom is -0.326 e. The Bertz CT molecular complexity index is 919. The molecule has 1 saturated heterocycles. The molecule has 0 aliphatic carbocycles. The number of sulfonamides is 1. The fraction of sp³-hybridized carbons (Fsp3) is 0.381. The number of nitrogens with zero attached hydrogens (tertiary/aromatic N) is 2.